The van der Waals surface area contributed by atoms with Crippen LogP contribution in [0.3, 0.4) is 0 Å². The van der Waals surface area contributed by atoms with Crippen LogP contribution >= 0.6 is 0 Å². The van der Waals surface area contributed by atoms with Crippen molar-refractivity contribution in [3.05, 3.63) is 54.6 Å². The molecule has 0 bridgehead atoms. The van der Waals surface area contributed by atoms with Crippen LogP contribution in [0.15, 0.2) is 54.6 Å². The second-order valence-electron chi connectivity index (χ2n) is 6.11. The molecule has 0 aliphatic carbocycles. The molecule has 4 aromatic rings. The van der Waals surface area contributed by atoms with Crippen molar-refractivity contribution in [3.63, 3.8) is 0 Å². The predicted octanol–water partition coefficient (Wildman–Crippen LogP) is 4.93. The van der Waals surface area contributed by atoms with Crippen molar-refractivity contribution in [2.24, 2.45) is 0 Å². The predicted molar refractivity (Wildman–Crippen MR) is 104 cm³/mol. The van der Waals surface area contributed by atoms with E-state index < -0.39 is 0 Å². The first-order valence-electron chi connectivity index (χ1n) is 8.67. The maximum absolute atomic E-state index is 10.5. The maximum Gasteiger partial charge on any atom is 0.199 e. The normalized spacial score (nSPS) is 11.3. The number of rotatable bonds is 4. The minimum absolute atomic E-state index is 0.162. The summed E-state index contributed by atoms with van der Waals surface area (Å²) < 4.78 is 0. The van der Waals surface area contributed by atoms with Gasteiger partial charge in [0, 0.05) is 35.1 Å². The quantitative estimate of drug-likeness (QED) is 0.557. The zero-order valence-electron chi connectivity index (χ0n) is 14.5. The van der Waals surface area contributed by atoms with Gasteiger partial charge in [-0.25, -0.2) is 4.98 Å². The van der Waals surface area contributed by atoms with Gasteiger partial charge in [0.15, 0.2) is 5.88 Å². The monoisotopic (exact) mass is 331 g/mol. The fraction of sp³-hybridized carbons (Fsp3) is 0.190. The Balaban J connectivity index is 2.03. The molecule has 0 spiro atoms. The van der Waals surface area contributed by atoms with Gasteiger partial charge in [0.2, 0.25) is 0 Å². The van der Waals surface area contributed by atoms with Crippen molar-refractivity contribution in [1.29, 1.82) is 0 Å². The highest BCUT2D eigenvalue weighted by Crippen LogP contribution is 2.38. The maximum atomic E-state index is 10.5. The number of fused-ring (bicyclic) bond motifs is 2. The molecule has 0 aliphatic rings. The number of nitrogens with zero attached hydrogens (tertiary/aromatic N) is 2. The zero-order valence-corrected chi connectivity index (χ0v) is 14.5. The summed E-state index contributed by atoms with van der Waals surface area (Å²) in [6.07, 6.45) is 0. The fourth-order valence-corrected chi connectivity index (χ4v) is 3.50. The summed E-state index contributed by atoms with van der Waals surface area (Å²) in [5.74, 6) is 0.162. The smallest absolute Gasteiger partial charge is 0.199 e. The Labute approximate surface area is 146 Å². The molecule has 2 heterocycles. The lowest BCUT2D eigenvalue weighted by Crippen LogP contribution is -2.22. The Morgan fingerprint density at radius 1 is 0.960 bits per heavy atom. The number of anilines is 1. The molecule has 0 saturated carbocycles. The molecule has 0 amide bonds. The second kappa shape index (κ2) is 6.13. The van der Waals surface area contributed by atoms with Crippen molar-refractivity contribution in [1.82, 2.24) is 9.97 Å². The number of hydrogen-bond acceptors (Lipinski definition) is 3. The van der Waals surface area contributed by atoms with E-state index in [4.69, 9.17) is 4.98 Å². The molecule has 0 aliphatic heterocycles. The van der Waals surface area contributed by atoms with Crippen LogP contribution in [0.1, 0.15) is 13.8 Å². The largest absolute Gasteiger partial charge is 0.494 e. The summed E-state index contributed by atoms with van der Waals surface area (Å²) in [4.78, 5) is 10.2. The molecule has 0 atom stereocenters. The molecule has 2 aromatic carbocycles. The molecule has 2 aromatic heterocycles. The summed E-state index contributed by atoms with van der Waals surface area (Å²) in [6, 6.07) is 18.2. The number of hydrogen-bond donors (Lipinski definition) is 2. The Morgan fingerprint density at radius 3 is 2.40 bits per heavy atom. The molecule has 4 heteroatoms. The number of nitrogens with one attached hydrogen (secondary N) is 1. The third kappa shape index (κ3) is 2.50. The van der Waals surface area contributed by atoms with Gasteiger partial charge in [0.25, 0.3) is 0 Å². The van der Waals surface area contributed by atoms with E-state index in [2.05, 4.69) is 35.9 Å². The van der Waals surface area contributed by atoms with Crippen molar-refractivity contribution < 1.29 is 5.11 Å². The van der Waals surface area contributed by atoms with Gasteiger partial charge in [-0.1, -0.05) is 36.4 Å². The van der Waals surface area contributed by atoms with E-state index >= 15 is 0 Å². The summed E-state index contributed by atoms with van der Waals surface area (Å²) in [5, 5.41) is 12.6. The molecule has 25 heavy (non-hydrogen) atoms. The van der Waals surface area contributed by atoms with Gasteiger partial charge in [-0.05, 0) is 32.0 Å². The van der Waals surface area contributed by atoms with Gasteiger partial charge in [0.05, 0.1) is 16.8 Å². The molecular weight excluding hydrogens is 310 g/mol. The van der Waals surface area contributed by atoms with Crippen molar-refractivity contribution in [2.75, 3.05) is 18.0 Å². The molecule has 126 valence electrons. The molecular formula is C21H21N3O. The van der Waals surface area contributed by atoms with Crippen LogP contribution in [-0.2, 0) is 0 Å². The Morgan fingerprint density at radius 2 is 1.64 bits per heavy atom. The summed E-state index contributed by atoms with van der Waals surface area (Å²) in [7, 11) is 0. The van der Waals surface area contributed by atoms with Crippen LogP contribution in [0.4, 0.5) is 5.69 Å². The van der Waals surface area contributed by atoms with Gasteiger partial charge >= 0.3 is 0 Å². The fourth-order valence-electron chi connectivity index (χ4n) is 3.50. The van der Waals surface area contributed by atoms with E-state index in [-0.39, 0.29) is 5.88 Å². The highest BCUT2D eigenvalue weighted by atomic mass is 16.3. The number of aromatic hydroxyl groups is 1. The number of para-hydroxylation sites is 2. The summed E-state index contributed by atoms with van der Waals surface area (Å²) >= 11 is 0. The minimum Gasteiger partial charge on any atom is -0.494 e. The highest BCUT2D eigenvalue weighted by Gasteiger charge is 2.17. The standard InChI is InChI=1S/C21H21N3O/c1-3-24(4-2)19-13-18(22-16-11-7-5-9-14(16)19)20-15-10-6-8-12-17(15)23-21(20)25/h5-13,23,25H,3-4H2,1-2H3. The van der Waals surface area contributed by atoms with Gasteiger partial charge in [-0.2, -0.15) is 0 Å². The molecule has 2 N–H and O–H groups in total. The molecule has 0 unspecified atom stereocenters. The molecule has 4 nitrogen and oxygen atoms in total. The third-order valence-electron chi connectivity index (χ3n) is 4.74. The number of H-pyrrole nitrogens is 1. The number of aromatic nitrogens is 2. The van der Waals surface area contributed by atoms with E-state index in [0.29, 0.717) is 0 Å². The first kappa shape index (κ1) is 15.5. The molecule has 0 fully saturated rings. The van der Waals surface area contributed by atoms with Crippen molar-refractivity contribution >= 4 is 27.5 Å². The summed E-state index contributed by atoms with van der Waals surface area (Å²) in [5.41, 5.74) is 4.54. The van der Waals surface area contributed by atoms with E-state index in [9.17, 15) is 5.11 Å². The number of pyridine rings is 1. The average Bonchev–Trinajstić information content (AvgIpc) is 2.98. The topological polar surface area (TPSA) is 52.1 Å². The van der Waals surface area contributed by atoms with Crippen LogP contribution in [0.5, 0.6) is 5.88 Å². The molecule has 4 rings (SSSR count). The van der Waals surface area contributed by atoms with Gasteiger partial charge in [-0.3, -0.25) is 0 Å². The third-order valence-corrected chi connectivity index (χ3v) is 4.74. The number of aromatic amines is 1. The first-order valence-corrected chi connectivity index (χ1v) is 8.67. The second-order valence-corrected chi connectivity index (χ2v) is 6.11. The van der Waals surface area contributed by atoms with E-state index in [1.54, 1.807) is 0 Å². The Bertz CT molecular complexity index is 1050. The van der Waals surface area contributed by atoms with Crippen molar-refractivity contribution in [3.8, 4) is 17.1 Å². The Kier molecular flexibility index (Phi) is 3.80. The SMILES string of the molecule is CCN(CC)c1cc(-c2c(O)[nH]c3ccccc23)nc2ccccc12. The van der Waals surface area contributed by atoms with E-state index in [0.717, 1.165) is 51.8 Å². The molecule has 0 saturated heterocycles. The van der Waals surface area contributed by atoms with Crippen LogP contribution in [0.2, 0.25) is 0 Å². The van der Waals surface area contributed by atoms with Crippen LogP contribution in [0, 0.1) is 0 Å². The van der Waals surface area contributed by atoms with Gasteiger partial charge < -0.3 is 15.0 Å². The van der Waals surface area contributed by atoms with Crippen molar-refractivity contribution in [2.45, 2.75) is 13.8 Å². The van der Waals surface area contributed by atoms with Gasteiger partial charge in [0.1, 0.15) is 0 Å². The average molecular weight is 331 g/mol. The van der Waals surface area contributed by atoms with Crippen LogP contribution in [0.25, 0.3) is 33.1 Å². The highest BCUT2D eigenvalue weighted by molar-refractivity contribution is 6.01. The number of benzene rings is 2. The van der Waals surface area contributed by atoms with Crippen LogP contribution < -0.4 is 4.90 Å². The summed E-state index contributed by atoms with van der Waals surface area (Å²) in [6.45, 7) is 6.15. The van der Waals surface area contributed by atoms with Crippen LogP contribution in [-0.4, -0.2) is 28.2 Å². The van der Waals surface area contributed by atoms with Gasteiger partial charge in [-0.15, -0.1) is 0 Å². The minimum atomic E-state index is 0.162. The van der Waals surface area contributed by atoms with E-state index in [1.165, 1.54) is 0 Å². The van der Waals surface area contributed by atoms with E-state index in [1.807, 2.05) is 42.5 Å². The lowest BCUT2D eigenvalue weighted by atomic mass is 10.1. The lowest BCUT2D eigenvalue weighted by molar-refractivity contribution is 0.460. The molecule has 0 radical (unpaired) electrons. The zero-order chi connectivity index (χ0) is 17.4. The first-order chi connectivity index (χ1) is 12.2. The lowest BCUT2D eigenvalue weighted by Gasteiger charge is -2.23. The Hall–Kier alpha value is -3.01.